The lowest BCUT2D eigenvalue weighted by atomic mass is 10.2. The zero-order chi connectivity index (χ0) is 18.1. The maximum Gasteiger partial charge on any atom is 0.225 e. The van der Waals surface area contributed by atoms with E-state index in [-0.39, 0.29) is 17.7 Å². The molecular formula is C15H16N10O. The van der Waals surface area contributed by atoms with Crippen molar-refractivity contribution in [3.63, 3.8) is 0 Å². The molecule has 6 N–H and O–H groups in total. The first-order valence-electron chi connectivity index (χ1n) is 7.91. The Morgan fingerprint density at radius 2 is 1.69 bits per heavy atom. The van der Waals surface area contributed by atoms with Crippen molar-refractivity contribution in [2.24, 2.45) is 0 Å². The van der Waals surface area contributed by atoms with Crippen LogP contribution in [0.1, 0.15) is 12.2 Å². The molecule has 0 aliphatic carbocycles. The second-order valence-corrected chi connectivity index (χ2v) is 5.65. The third-order valence-corrected chi connectivity index (χ3v) is 3.88. The Labute approximate surface area is 147 Å². The molecule has 1 aromatic carbocycles. The van der Waals surface area contributed by atoms with E-state index in [1.807, 2.05) is 28.8 Å². The van der Waals surface area contributed by atoms with Crippen LogP contribution in [-0.4, -0.2) is 34.8 Å². The minimum atomic E-state index is 0.114. The number of aromatic nitrogens is 7. The van der Waals surface area contributed by atoms with Crippen LogP contribution in [0.25, 0.3) is 22.6 Å². The number of aryl methyl sites for hydroxylation is 2. The number of fused-ring (bicyclic) bond motifs is 1. The summed E-state index contributed by atoms with van der Waals surface area (Å²) in [6.07, 6.45) is 1.30. The Morgan fingerprint density at radius 1 is 0.923 bits per heavy atom. The minimum absolute atomic E-state index is 0.114. The number of anilines is 3. The van der Waals surface area contributed by atoms with Crippen LogP contribution in [0.2, 0.25) is 0 Å². The highest BCUT2D eigenvalue weighted by Gasteiger charge is 2.18. The summed E-state index contributed by atoms with van der Waals surface area (Å²) >= 11 is 0. The summed E-state index contributed by atoms with van der Waals surface area (Å²) in [6, 6.07) is 7.77. The monoisotopic (exact) mass is 352 g/mol. The van der Waals surface area contributed by atoms with E-state index < -0.39 is 0 Å². The smallest absolute Gasteiger partial charge is 0.225 e. The van der Waals surface area contributed by atoms with Gasteiger partial charge in [0, 0.05) is 13.0 Å². The predicted molar refractivity (Wildman–Crippen MR) is 94.4 cm³/mol. The molecule has 0 aliphatic heterocycles. The SMILES string of the molecule is Nc1nc(N)nc(CCCn2c(-c3nonc3N)nc3ccccc32)n1. The van der Waals surface area contributed by atoms with Gasteiger partial charge in [0.15, 0.2) is 17.3 Å². The van der Waals surface area contributed by atoms with Crippen LogP contribution < -0.4 is 17.2 Å². The molecule has 3 heterocycles. The molecule has 26 heavy (non-hydrogen) atoms. The second kappa shape index (κ2) is 6.27. The molecule has 4 rings (SSSR count). The molecule has 0 radical (unpaired) electrons. The lowest BCUT2D eigenvalue weighted by molar-refractivity contribution is 0.310. The maximum absolute atomic E-state index is 5.84. The summed E-state index contributed by atoms with van der Waals surface area (Å²) in [6.45, 7) is 0.633. The van der Waals surface area contributed by atoms with E-state index >= 15 is 0 Å². The first kappa shape index (κ1) is 15.7. The van der Waals surface area contributed by atoms with Gasteiger partial charge < -0.3 is 21.8 Å². The van der Waals surface area contributed by atoms with Crippen molar-refractivity contribution in [3.05, 3.63) is 30.1 Å². The number of imidazole rings is 1. The van der Waals surface area contributed by atoms with Gasteiger partial charge in [0.05, 0.1) is 11.0 Å². The van der Waals surface area contributed by atoms with Crippen molar-refractivity contribution in [2.45, 2.75) is 19.4 Å². The number of nitrogens with two attached hydrogens (primary N) is 3. The number of para-hydroxylation sites is 2. The van der Waals surface area contributed by atoms with Crippen LogP contribution in [0.4, 0.5) is 17.7 Å². The molecule has 0 amide bonds. The van der Waals surface area contributed by atoms with Gasteiger partial charge in [-0.2, -0.15) is 15.0 Å². The first-order chi connectivity index (χ1) is 12.6. The van der Waals surface area contributed by atoms with Crippen molar-refractivity contribution in [2.75, 3.05) is 17.2 Å². The largest absolute Gasteiger partial charge is 0.379 e. The molecule has 0 saturated heterocycles. The van der Waals surface area contributed by atoms with Crippen LogP contribution in [0, 0.1) is 0 Å². The third kappa shape index (κ3) is 2.85. The molecule has 0 bridgehead atoms. The standard InChI is InChI=1S/C15H16N10O/c16-12-11(23-26-24-12)13-19-8-4-1-2-5-9(8)25(13)7-3-6-10-20-14(17)22-15(18)21-10/h1-2,4-5H,3,6-7H2,(H2,16,24)(H4,17,18,20,21,22). The fraction of sp³-hybridized carbons (Fsp3) is 0.200. The van der Waals surface area contributed by atoms with Crippen LogP contribution in [0.5, 0.6) is 0 Å². The van der Waals surface area contributed by atoms with E-state index in [0.29, 0.717) is 30.3 Å². The fourth-order valence-electron chi connectivity index (χ4n) is 2.80. The van der Waals surface area contributed by atoms with Crippen molar-refractivity contribution in [3.8, 4) is 11.5 Å². The van der Waals surface area contributed by atoms with Crippen LogP contribution in [-0.2, 0) is 13.0 Å². The van der Waals surface area contributed by atoms with E-state index in [1.54, 1.807) is 0 Å². The first-order valence-corrected chi connectivity index (χ1v) is 7.91. The van der Waals surface area contributed by atoms with Gasteiger partial charge in [-0.3, -0.25) is 0 Å². The molecular weight excluding hydrogens is 336 g/mol. The Morgan fingerprint density at radius 3 is 2.42 bits per heavy atom. The Hall–Kier alpha value is -3.76. The average Bonchev–Trinajstić information content (AvgIpc) is 3.17. The van der Waals surface area contributed by atoms with Gasteiger partial charge in [0.2, 0.25) is 11.9 Å². The van der Waals surface area contributed by atoms with E-state index in [9.17, 15) is 0 Å². The highest BCUT2D eigenvalue weighted by molar-refractivity contribution is 5.81. The molecule has 11 nitrogen and oxygen atoms in total. The van der Waals surface area contributed by atoms with Crippen LogP contribution in [0.3, 0.4) is 0 Å². The summed E-state index contributed by atoms with van der Waals surface area (Å²) in [5.41, 5.74) is 19.3. The van der Waals surface area contributed by atoms with Crippen LogP contribution in [0.15, 0.2) is 28.9 Å². The van der Waals surface area contributed by atoms with Gasteiger partial charge in [-0.15, -0.1) is 0 Å². The zero-order valence-electron chi connectivity index (χ0n) is 13.7. The third-order valence-electron chi connectivity index (χ3n) is 3.88. The number of benzene rings is 1. The van der Waals surface area contributed by atoms with Gasteiger partial charge >= 0.3 is 0 Å². The molecule has 132 valence electrons. The topological polar surface area (TPSA) is 173 Å². The summed E-state index contributed by atoms with van der Waals surface area (Å²) in [5.74, 6) is 1.56. The zero-order valence-corrected chi connectivity index (χ0v) is 13.7. The van der Waals surface area contributed by atoms with Crippen molar-refractivity contribution >= 4 is 28.7 Å². The molecule has 0 spiro atoms. The summed E-state index contributed by atoms with van der Waals surface area (Å²) in [4.78, 5) is 16.6. The summed E-state index contributed by atoms with van der Waals surface area (Å²) < 4.78 is 6.73. The highest BCUT2D eigenvalue weighted by atomic mass is 16.6. The van der Waals surface area contributed by atoms with Crippen molar-refractivity contribution < 1.29 is 4.63 Å². The predicted octanol–water partition coefficient (Wildman–Crippen LogP) is 0.651. The number of nitrogen functional groups attached to an aromatic ring is 3. The Kier molecular flexibility index (Phi) is 3.80. The maximum atomic E-state index is 5.84. The molecule has 0 fully saturated rings. The summed E-state index contributed by atoms with van der Waals surface area (Å²) in [7, 11) is 0. The summed E-state index contributed by atoms with van der Waals surface area (Å²) in [5, 5.41) is 7.51. The van der Waals surface area contributed by atoms with Crippen LogP contribution >= 0.6 is 0 Å². The fourth-order valence-corrected chi connectivity index (χ4v) is 2.80. The number of hydrogen-bond donors (Lipinski definition) is 3. The lowest BCUT2D eigenvalue weighted by Gasteiger charge is -2.08. The lowest BCUT2D eigenvalue weighted by Crippen LogP contribution is -2.08. The van der Waals surface area contributed by atoms with Gasteiger partial charge in [-0.25, -0.2) is 9.61 Å². The average molecular weight is 352 g/mol. The van der Waals surface area contributed by atoms with Gasteiger partial charge in [0.25, 0.3) is 0 Å². The van der Waals surface area contributed by atoms with Crippen molar-refractivity contribution in [1.82, 2.24) is 34.8 Å². The number of rotatable bonds is 5. The van der Waals surface area contributed by atoms with Gasteiger partial charge in [-0.05, 0) is 28.9 Å². The number of hydrogen-bond acceptors (Lipinski definition) is 10. The minimum Gasteiger partial charge on any atom is -0.379 e. The van der Waals surface area contributed by atoms with E-state index in [0.717, 1.165) is 17.5 Å². The van der Waals surface area contributed by atoms with E-state index in [4.69, 9.17) is 21.8 Å². The quantitative estimate of drug-likeness (QED) is 0.462. The molecule has 3 aromatic heterocycles. The normalized spacial score (nSPS) is 11.2. The molecule has 0 unspecified atom stereocenters. The van der Waals surface area contributed by atoms with Gasteiger partial charge in [0.1, 0.15) is 5.82 Å². The van der Waals surface area contributed by atoms with Crippen molar-refractivity contribution in [1.29, 1.82) is 0 Å². The van der Waals surface area contributed by atoms with Gasteiger partial charge in [-0.1, -0.05) is 12.1 Å². The number of nitrogens with zero attached hydrogens (tertiary/aromatic N) is 7. The molecule has 0 atom stereocenters. The molecule has 0 aliphatic rings. The Bertz CT molecular complexity index is 1050. The van der Waals surface area contributed by atoms with E-state index in [1.165, 1.54) is 0 Å². The van der Waals surface area contributed by atoms with E-state index in [2.05, 4.69) is 30.2 Å². The molecule has 11 heteroatoms. The molecule has 0 saturated carbocycles. The molecule has 4 aromatic rings. The Balaban J connectivity index is 1.64. The highest BCUT2D eigenvalue weighted by Crippen LogP contribution is 2.26. The second-order valence-electron chi connectivity index (χ2n) is 5.65.